The molecule has 0 spiro atoms. The fraction of sp³-hybridized carbons (Fsp3) is 0.444. The van der Waals surface area contributed by atoms with Crippen LogP contribution in [0.4, 0.5) is 5.82 Å². The number of rotatable bonds is 4. The van der Waals surface area contributed by atoms with E-state index in [9.17, 15) is 4.79 Å². The number of hydrogen-bond acceptors (Lipinski definition) is 4. The zero-order valence-electron chi connectivity index (χ0n) is 13.9. The van der Waals surface area contributed by atoms with E-state index in [-0.39, 0.29) is 5.69 Å². The fourth-order valence-corrected chi connectivity index (χ4v) is 3.73. The van der Waals surface area contributed by atoms with E-state index in [0.717, 1.165) is 35.2 Å². The van der Waals surface area contributed by atoms with Crippen LogP contribution in [0.15, 0.2) is 39.7 Å². The SMILES string of the molecule is CC1CCCN(Cc2cn(Cc3cccc(Br)c3)c(=O)nc2N)C1. The Balaban J connectivity index is 1.81. The Morgan fingerprint density at radius 1 is 1.38 bits per heavy atom. The molecule has 1 fully saturated rings. The summed E-state index contributed by atoms with van der Waals surface area (Å²) in [6.45, 7) is 5.68. The summed E-state index contributed by atoms with van der Waals surface area (Å²) in [5.41, 5.74) is 7.68. The highest BCUT2D eigenvalue weighted by molar-refractivity contribution is 9.10. The molecule has 1 aromatic carbocycles. The van der Waals surface area contributed by atoms with Gasteiger partial charge in [-0.15, -0.1) is 0 Å². The third kappa shape index (κ3) is 4.24. The van der Waals surface area contributed by atoms with Crippen molar-refractivity contribution in [2.75, 3.05) is 18.8 Å². The molecule has 2 aromatic rings. The Bertz CT molecular complexity index is 774. The van der Waals surface area contributed by atoms with Crippen molar-refractivity contribution in [1.82, 2.24) is 14.5 Å². The Kier molecular flexibility index (Phi) is 5.36. The molecule has 1 saturated heterocycles. The van der Waals surface area contributed by atoms with E-state index in [2.05, 4.69) is 32.7 Å². The van der Waals surface area contributed by atoms with Crippen LogP contribution in [-0.4, -0.2) is 27.5 Å². The molecule has 1 unspecified atom stereocenters. The molecule has 2 heterocycles. The van der Waals surface area contributed by atoms with Gasteiger partial charge in [-0.2, -0.15) is 4.98 Å². The average molecular weight is 391 g/mol. The van der Waals surface area contributed by atoms with E-state index in [0.29, 0.717) is 18.3 Å². The van der Waals surface area contributed by atoms with Crippen molar-refractivity contribution >= 4 is 21.7 Å². The lowest BCUT2D eigenvalue weighted by Crippen LogP contribution is -2.35. The number of piperidine rings is 1. The van der Waals surface area contributed by atoms with E-state index >= 15 is 0 Å². The monoisotopic (exact) mass is 390 g/mol. The molecule has 1 aromatic heterocycles. The van der Waals surface area contributed by atoms with E-state index in [1.54, 1.807) is 4.57 Å². The first-order chi connectivity index (χ1) is 11.5. The summed E-state index contributed by atoms with van der Waals surface area (Å²) in [6.07, 6.45) is 4.36. The molecule has 2 N–H and O–H groups in total. The first kappa shape index (κ1) is 17.2. The smallest absolute Gasteiger partial charge is 0.349 e. The first-order valence-electron chi connectivity index (χ1n) is 8.34. The van der Waals surface area contributed by atoms with Gasteiger partial charge in [0.2, 0.25) is 0 Å². The Morgan fingerprint density at radius 3 is 2.96 bits per heavy atom. The quantitative estimate of drug-likeness (QED) is 0.871. The maximum Gasteiger partial charge on any atom is 0.349 e. The van der Waals surface area contributed by atoms with E-state index < -0.39 is 0 Å². The van der Waals surface area contributed by atoms with Crippen molar-refractivity contribution in [3.63, 3.8) is 0 Å². The minimum absolute atomic E-state index is 0.303. The van der Waals surface area contributed by atoms with Gasteiger partial charge in [-0.3, -0.25) is 9.47 Å². The summed E-state index contributed by atoms with van der Waals surface area (Å²) < 4.78 is 2.64. The van der Waals surface area contributed by atoms with Gasteiger partial charge in [-0.1, -0.05) is 35.0 Å². The molecule has 0 saturated carbocycles. The molecule has 128 valence electrons. The molecule has 6 heteroatoms. The molecule has 0 bridgehead atoms. The third-order valence-corrected chi connectivity index (χ3v) is 4.97. The highest BCUT2D eigenvalue weighted by Crippen LogP contribution is 2.19. The van der Waals surface area contributed by atoms with Gasteiger partial charge in [0.1, 0.15) is 5.82 Å². The van der Waals surface area contributed by atoms with Gasteiger partial charge >= 0.3 is 5.69 Å². The molecule has 0 radical (unpaired) electrons. The Morgan fingerprint density at radius 2 is 2.21 bits per heavy atom. The summed E-state index contributed by atoms with van der Waals surface area (Å²) >= 11 is 3.46. The van der Waals surface area contributed by atoms with Crippen molar-refractivity contribution in [3.8, 4) is 0 Å². The number of hydrogen-bond donors (Lipinski definition) is 1. The fourth-order valence-electron chi connectivity index (χ4n) is 3.29. The first-order valence-corrected chi connectivity index (χ1v) is 9.13. The second-order valence-corrected chi connectivity index (χ2v) is 7.59. The lowest BCUT2D eigenvalue weighted by atomic mass is 10.00. The molecule has 24 heavy (non-hydrogen) atoms. The number of likely N-dealkylation sites (tertiary alicyclic amines) is 1. The molecule has 0 amide bonds. The molecular weight excluding hydrogens is 368 g/mol. The van der Waals surface area contributed by atoms with Crippen LogP contribution < -0.4 is 11.4 Å². The van der Waals surface area contributed by atoms with Gasteiger partial charge in [-0.25, -0.2) is 4.79 Å². The highest BCUT2D eigenvalue weighted by atomic mass is 79.9. The van der Waals surface area contributed by atoms with Crippen molar-refractivity contribution in [2.45, 2.75) is 32.9 Å². The van der Waals surface area contributed by atoms with Crippen LogP contribution in [0.5, 0.6) is 0 Å². The van der Waals surface area contributed by atoms with Crippen molar-refractivity contribution < 1.29 is 0 Å². The topological polar surface area (TPSA) is 64.2 Å². The second kappa shape index (κ2) is 7.49. The van der Waals surface area contributed by atoms with Gasteiger partial charge in [0.25, 0.3) is 0 Å². The van der Waals surface area contributed by atoms with E-state index in [1.807, 2.05) is 30.5 Å². The Hall–Kier alpha value is -1.66. The number of aromatic nitrogens is 2. The van der Waals surface area contributed by atoms with Crippen LogP contribution in [0.25, 0.3) is 0 Å². The minimum Gasteiger partial charge on any atom is -0.383 e. The predicted octanol–water partition coefficient (Wildman–Crippen LogP) is 2.87. The summed E-state index contributed by atoms with van der Waals surface area (Å²) in [6, 6.07) is 7.94. The second-order valence-electron chi connectivity index (χ2n) is 6.67. The van der Waals surface area contributed by atoms with Crippen molar-refractivity contribution in [2.24, 2.45) is 5.92 Å². The number of benzene rings is 1. The van der Waals surface area contributed by atoms with Gasteiger partial charge in [0, 0.05) is 29.3 Å². The van der Waals surface area contributed by atoms with Crippen molar-refractivity contribution in [3.05, 3.63) is 56.5 Å². The highest BCUT2D eigenvalue weighted by Gasteiger charge is 2.18. The van der Waals surface area contributed by atoms with Crippen LogP contribution >= 0.6 is 15.9 Å². The minimum atomic E-state index is -0.303. The maximum atomic E-state index is 12.2. The van der Waals surface area contributed by atoms with Crippen molar-refractivity contribution in [1.29, 1.82) is 0 Å². The molecule has 5 nitrogen and oxygen atoms in total. The van der Waals surface area contributed by atoms with Crippen LogP contribution in [0.2, 0.25) is 0 Å². The van der Waals surface area contributed by atoms with Gasteiger partial charge in [0.15, 0.2) is 0 Å². The molecule has 3 rings (SSSR count). The number of anilines is 1. The number of nitrogens with two attached hydrogens (primary N) is 1. The Labute approximate surface area is 150 Å². The normalized spacial score (nSPS) is 18.7. The number of nitrogen functional groups attached to an aromatic ring is 1. The zero-order chi connectivity index (χ0) is 17.1. The lowest BCUT2D eigenvalue weighted by Gasteiger charge is -2.31. The summed E-state index contributed by atoms with van der Waals surface area (Å²) in [4.78, 5) is 18.6. The number of halogens is 1. The standard InChI is InChI=1S/C18H23BrN4O/c1-13-4-3-7-22(9-13)11-15-12-23(18(24)21-17(15)20)10-14-5-2-6-16(19)8-14/h2,5-6,8,12-13H,3-4,7,9-11H2,1H3,(H2,20,21,24). The number of nitrogens with zero attached hydrogens (tertiary/aromatic N) is 3. The summed E-state index contributed by atoms with van der Waals surface area (Å²) in [5.74, 6) is 1.06. The third-order valence-electron chi connectivity index (χ3n) is 4.48. The van der Waals surface area contributed by atoms with Gasteiger partial charge < -0.3 is 5.73 Å². The van der Waals surface area contributed by atoms with Crippen LogP contribution in [0, 0.1) is 5.92 Å². The molecule has 1 aliphatic heterocycles. The van der Waals surface area contributed by atoms with Crippen LogP contribution in [0.3, 0.4) is 0 Å². The van der Waals surface area contributed by atoms with Gasteiger partial charge in [0.05, 0.1) is 6.54 Å². The van der Waals surface area contributed by atoms with E-state index in [4.69, 9.17) is 5.73 Å². The molecule has 1 aliphatic rings. The van der Waals surface area contributed by atoms with Crippen LogP contribution in [0.1, 0.15) is 30.9 Å². The predicted molar refractivity (Wildman–Crippen MR) is 99.8 cm³/mol. The summed E-state index contributed by atoms with van der Waals surface area (Å²) in [5, 5.41) is 0. The largest absolute Gasteiger partial charge is 0.383 e. The van der Waals surface area contributed by atoms with Crippen LogP contribution in [-0.2, 0) is 13.1 Å². The van der Waals surface area contributed by atoms with E-state index in [1.165, 1.54) is 12.8 Å². The molecule has 1 atom stereocenters. The lowest BCUT2D eigenvalue weighted by molar-refractivity contribution is 0.176. The zero-order valence-corrected chi connectivity index (χ0v) is 15.5. The van der Waals surface area contributed by atoms with Gasteiger partial charge in [-0.05, 0) is 43.0 Å². The molecular formula is C18H23BrN4O. The molecule has 0 aliphatic carbocycles. The summed E-state index contributed by atoms with van der Waals surface area (Å²) in [7, 11) is 0. The average Bonchev–Trinajstić information content (AvgIpc) is 2.52. The maximum absolute atomic E-state index is 12.2.